The van der Waals surface area contributed by atoms with E-state index in [0.717, 1.165) is 17.1 Å². The number of benzene rings is 1. The van der Waals surface area contributed by atoms with E-state index in [1.807, 2.05) is 42.5 Å². The van der Waals surface area contributed by atoms with Crippen LogP contribution >= 0.6 is 11.5 Å². The van der Waals surface area contributed by atoms with Gasteiger partial charge in [-0.05, 0) is 12.1 Å². The summed E-state index contributed by atoms with van der Waals surface area (Å²) in [5.74, 6) is 1.19. The average molecular weight is 378 g/mol. The maximum Gasteiger partial charge on any atom is 0.227 e. The summed E-state index contributed by atoms with van der Waals surface area (Å²) in [6, 6.07) is 15.0. The van der Waals surface area contributed by atoms with Crippen LogP contribution in [-0.2, 0) is 11.2 Å². The monoisotopic (exact) mass is 378 g/mol. The molecule has 1 N–H and O–H groups in total. The molecule has 0 saturated carbocycles. The number of hydrogen-bond acceptors (Lipinski definition) is 8. The number of pyridine rings is 1. The van der Waals surface area contributed by atoms with Gasteiger partial charge in [-0.25, -0.2) is 0 Å². The molecule has 27 heavy (non-hydrogen) atoms. The molecule has 0 aliphatic rings. The molecule has 1 aromatic carbocycles. The van der Waals surface area contributed by atoms with Gasteiger partial charge in [0.1, 0.15) is 5.69 Å². The predicted molar refractivity (Wildman–Crippen MR) is 99.8 cm³/mol. The van der Waals surface area contributed by atoms with E-state index in [1.165, 1.54) is 0 Å². The van der Waals surface area contributed by atoms with E-state index in [2.05, 4.69) is 29.8 Å². The van der Waals surface area contributed by atoms with Crippen LogP contribution in [0.25, 0.3) is 22.9 Å². The first-order valence-electron chi connectivity index (χ1n) is 8.21. The van der Waals surface area contributed by atoms with Gasteiger partial charge in [0.25, 0.3) is 0 Å². The van der Waals surface area contributed by atoms with Gasteiger partial charge in [0, 0.05) is 36.1 Å². The van der Waals surface area contributed by atoms with E-state index in [9.17, 15) is 4.79 Å². The summed E-state index contributed by atoms with van der Waals surface area (Å²) in [7, 11) is 0. The number of anilines is 1. The van der Waals surface area contributed by atoms with Gasteiger partial charge in [-0.15, -0.1) is 0 Å². The Hall–Kier alpha value is -3.46. The largest absolute Gasteiger partial charge is 0.339 e. The van der Waals surface area contributed by atoms with E-state index in [-0.39, 0.29) is 12.3 Å². The minimum atomic E-state index is -0.191. The number of carbonyl (C=O) groups is 1. The summed E-state index contributed by atoms with van der Waals surface area (Å²) in [5.41, 5.74) is 1.53. The summed E-state index contributed by atoms with van der Waals surface area (Å²) in [4.78, 5) is 24.9. The molecule has 4 aromatic rings. The van der Waals surface area contributed by atoms with Crippen LogP contribution in [0.1, 0.15) is 12.3 Å². The first-order chi connectivity index (χ1) is 13.3. The van der Waals surface area contributed by atoms with Gasteiger partial charge in [-0.2, -0.15) is 14.3 Å². The summed E-state index contributed by atoms with van der Waals surface area (Å²) in [6.45, 7) is 0. The van der Waals surface area contributed by atoms with Crippen molar-refractivity contribution in [1.82, 2.24) is 24.5 Å². The number of aromatic nitrogens is 5. The Bertz CT molecular complexity index is 1030. The summed E-state index contributed by atoms with van der Waals surface area (Å²) in [5, 5.41) is 7.09. The summed E-state index contributed by atoms with van der Waals surface area (Å²) in [6.07, 6.45) is 2.19. The average Bonchev–Trinajstić information content (AvgIpc) is 3.37. The fraction of sp³-hybridized carbons (Fsp3) is 0.111. The van der Waals surface area contributed by atoms with Crippen LogP contribution in [-0.4, -0.2) is 30.4 Å². The zero-order valence-electron chi connectivity index (χ0n) is 14.1. The van der Waals surface area contributed by atoms with Gasteiger partial charge in [-0.3, -0.25) is 9.78 Å². The Morgan fingerprint density at radius 3 is 2.70 bits per heavy atom. The van der Waals surface area contributed by atoms with E-state index in [4.69, 9.17) is 4.52 Å². The van der Waals surface area contributed by atoms with Crippen molar-refractivity contribution in [2.45, 2.75) is 12.8 Å². The Kier molecular flexibility index (Phi) is 4.93. The molecular weight excluding hydrogens is 364 g/mol. The van der Waals surface area contributed by atoms with Crippen LogP contribution in [0.4, 0.5) is 5.13 Å². The minimum Gasteiger partial charge on any atom is -0.339 e. The topological polar surface area (TPSA) is 107 Å². The molecular formula is C18H14N6O2S. The predicted octanol–water partition coefficient (Wildman–Crippen LogP) is 3.22. The lowest BCUT2D eigenvalue weighted by atomic mass is 10.2. The fourth-order valence-corrected chi connectivity index (χ4v) is 2.94. The third-order valence-corrected chi connectivity index (χ3v) is 4.26. The zero-order chi connectivity index (χ0) is 18.5. The third kappa shape index (κ3) is 4.21. The number of carbonyl (C=O) groups excluding carboxylic acids is 1. The van der Waals surface area contributed by atoms with Crippen molar-refractivity contribution in [2.75, 3.05) is 5.32 Å². The molecule has 0 spiro atoms. The second-order valence-electron chi connectivity index (χ2n) is 5.56. The lowest BCUT2D eigenvalue weighted by molar-refractivity contribution is -0.116. The molecule has 134 valence electrons. The van der Waals surface area contributed by atoms with Crippen molar-refractivity contribution in [3.63, 3.8) is 0 Å². The number of hydrogen-bond donors (Lipinski definition) is 1. The molecule has 8 nitrogen and oxygen atoms in total. The van der Waals surface area contributed by atoms with Crippen LogP contribution in [0, 0.1) is 0 Å². The van der Waals surface area contributed by atoms with E-state index < -0.39 is 0 Å². The summed E-state index contributed by atoms with van der Waals surface area (Å²) >= 11 is 1.14. The molecule has 9 heteroatoms. The van der Waals surface area contributed by atoms with Gasteiger partial charge in [0.2, 0.25) is 22.8 Å². The smallest absolute Gasteiger partial charge is 0.227 e. The van der Waals surface area contributed by atoms with Crippen LogP contribution in [0.3, 0.4) is 0 Å². The molecule has 3 aromatic heterocycles. The second kappa shape index (κ2) is 7.83. The highest BCUT2D eigenvalue weighted by molar-refractivity contribution is 7.10. The molecule has 0 radical (unpaired) electrons. The van der Waals surface area contributed by atoms with Gasteiger partial charge < -0.3 is 9.84 Å². The summed E-state index contributed by atoms with van der Waals surface area (Å²) < 4.78 is 9.44. The number of nitrogens with zero attached hydrogens (tertiary/aromatic N) is 5. The molecule has 0 aliphatic heterocycles. The highest BCUT2D eigenvalue weighted by Gasteiger charge is 2.13. The van der Waals surface area contributed by atoms with Crippen LogP contribution < -0.4 is 5.32 Å². The molecule has 0 unspecified atom stereocenters. The first-order valence-corrected chi connectivity index (χ1v) is 8.98. The molecule has 0 saturated heterocycles. The Labute approximate surface area is 158 Å². The number of aryl methyl sites for hydroxylation is 1. The first kappa shape index (κ1) is 17.0. The fourth-order valence-electron chi connectivity index (χ4n) is 2.34. The molecule has 0 aliphatic carbocycles. The van der Waals surface area contributed by atoms with Crippen molar-refractivity contribution in [3.8, 4) is 22.9 Å². The molecule has 3 heterocycles. The molecule has 4 rings (SSSR count). The van der Waals surface area contributed by atoms with E-state index >= 15 is 0 Å². The van der Waals surface area contributed by atoms with Crippen LogP contribution in [0.5, 0.6) is 0 Å². The second-order valence-corrected chi connectivity index (χ2v) is 6.32. The van der Waals surface area contributed by atoms with Crippen molar-refractivity contribution in [1.29, 1.82) is 0 Å². The Morgan fingerprint density at radius 1 is 1.04 bits per heavy atom. The number of rotatable bonds is 6. The Morgan fingerprint density at radius 2 is 1.89 bits per heavy atom. The van der Waals surface area contributed by atoms with Gasteiger partial charge in [-0.1, -0.05) is 41.6 Å². The Balaban J connectivity index is 1.33. The van der Waals surface area contributed by atoms with Crippen LogP contribution in [0.15, 0.2) is 59.3 Å². The quantitative estimate of drug-likeness (QED) is 0.549. The lowest BCUT2D eigenvalue weighted by Gasteiger charge is -1.98. The van der Waals surface area contributed by atoms with Crippen molar-refractivity contribution >= 4 is 22.6 Å². The SMILES string of the molecule is O=C(CCc1nc(-c2ccccn2)no1)Nc1nc(-c2ccccc2)ns1. The molecule has 0 fully saturated rings. The third-order valence-electron chi connectivity index (χ3n) is 3.63. The normalized spacial score (nSPS) is 10.7. The minimum absolute atomic E-state index is 0.191. The van der Waals surface area contributed by atoms with Crippen LogP contribution in [0.2, 0.25) is 0 Å². The zero-order valence-corrected chi connectivity index (χ0v) is 14.9. The molecule has 1 amide bonds. The van der Waals surface area contributed by atoms with Gasteiger partial charge in [0.05, 0.1) is 0 Å². The standard InChI is InChI=1S/C18H14N6O2S/c25-14(20-18-22-16(24-27-18)12-6-2-1-3-7-12)9-10-15-21-17(23-26-15)13-8-4-5-11-19-13/h1-8,11H,9-10H2,(H,20,22,24,25). The lowest BCUT2D eigenvalue weighted by Crippen LogP contribution is -2.12. The highest BCUT2D eigenvalue weighted by atomic mass is 32.1. The van der Waals surface area contributed by atoms with E-state index in [0.29, 0.717) is 34.8 Å². The van der Waals surface area contributed by atoms with Gasteiger partial charge >= 0.3 is 0 Å². The maximum atomic E-state index is 12.1. The number of nitrogens with one attached hydrogen (secondary N) is 1. The molecule has 0 atom stereocenters. The number of amides is 1. The van der Waals surface area contributed by atoms with Crippen molar-refractivity contribution in [2.24, 2.45) is 0 Å². The molecule has 0 bridgehead atoms. The van der Waals surface area contributed by atoms with E-state index in [1.54, 1.807) is 12.3 Å². The van der Waals surface area contributed by atoms with Gasteiger partial charge in [0.15, 0.2) is 5.82 Å². The highest BCUT2D eigenvalue weighted by Crippen LogP contribution is 2.21. The maximum absolute atomic E-state index is 12.1. The van der Waals surface area contributed by atoms with Crippen molar-refractivity contribution in [3.05, 3.63) is 60.6 Å². The van der Waals surface area contributed by atoms with Crippen molar-refractivity contribution < 1.29 is 9.32 Å².